The van der Waals surface area contributed by atoms with Crippen LogP contribution in [-0.2, 0) is 32.7 Å². The number of ether oxygens (including phenoxy) is 2. The molecule has 0 aliphatic carbocycles. The topological polar surface area (TPSA) is 108 Å². The fraction of sp³-hybridized carbons (Fsp3) is 0.911. The lowest BCUT2D eigenvalue weighted by molar-refractivity contribution is -0.870. The zero-order valence-electron chi connectivity index (χ0n) is 36.7. The van der Waals surface area contributed by atoms with E-state index in [-0.39, 0.29) is 25.6 Å². The Kier molecular flexibility index (Phi) is 37.4. The van der Waals surface area contributed by atoms with E-state index < -0.39 is 26.5 Å². The van der Waals surface area contributed by atoms with Gasteiger partial charge in [-0.3, -0.25) is 18.6 Å². The predicted octanol–water partition coefficient (Wildman–Crippen LogP) is 13.0. The van der Waals surface area contributed by atoms with Crippen molar-refractivity contribution in [3.05, 3.63) is 12.2 Å². The third-order valence-electron chi connectivity index (χ3n) is 10.0. The smallest absolute Gasteiger partial charge is 0.462 e. The minimum atomic E-state index is -4.37. The van der Waals surface area contributed by atoms with E-state index in [1.165, 1.54) is 141 Å². The average molecular weight is 803 g/mol. The molecule has 1 unspecified atom stereocenters. The summed E-state index contributed by atoms with van der Waals surface area (Å²) in [6.45, 7) is 4.43. The molecule has 0 rings (SSSR count). The van der Waals surface area contributed by atoms with Crippen molar-refractivity contribution < 1.29 is 42.1 Å². The van der Waals surface area contributed by atoms with Crippen LogP contribution in [0.4, 0.5) is 0 Å². The molecule has 0 radical (unpaired) electrons. The molecule has 2 atom stereocenters. The number of phosphoric acid groups is 1. The number of esters is 2. The van der Waals surface area contributed by atoms with Gasteiger partial charge in [-0.15, -0.1) is 0 Å². The van der Waals surface area contributed by atoms with Crippen molar-refractivity contribution in [1.82, 2.24) is 0 Å². The minimum Gasteiger partial charge on any atom is -0.462 e. The van der Waals surface area contributed by atoms with Gasteiger partial charge >= 0.3 is 19.8 Å². The summed E-state index contributed by atoms with van der Waals surface area (Å²) in [6, 6.07) is 0. The Hall–Kier alpha value is -1.25. The maximum Gasteiger partial charge on any atom is 0.472 e. The van der Waals surface area contributed by atoms with Crippen LogP contribution in [-0.4, -0.2) is 74.9 Å². The third-order valence-corrected chi connectivity index (χ3v) is 11.0. The summed E-state index contributed by atoms with van der Waals surface area (Å²) in [7, 11) is 1.48. The normalized spacial score (nSPS) is 13.6. The van der Waals surface area contributed by atoms with Gasteiger partial charge in [0.2, 0.25) is 0 Å². The molecule has 9 nitrogen and oxygen atoms in total. The number of likely N-dealkylation sites (N-methyl/N-ethyl adjacent to an activating group) is 1. The Bertz CT molecular complexity index is 954. The van der Waals surface area contributed by atoms with Crippen molar-refractivity contribution in [3.63, 3.8) is 0 Å². The molecule has 0 aliphatic rings. The first-order valence-electron chi connectivity index (χ1n) is 22.9. The summed E-state index contributed by atoms with van der Waals surface area (Å²) in [5, 5.41) is 0. The first kappa shape index (κ1) is 53.8. The van der Waals surface area contributed by atoms with Crippen LogP contribution in [0.2, 0.25) is 0 Å². The Morgan fingerprint density at radius 3 is 1.38 bits per heavy atom. The minimum absolute atomic E-state index is 0.0314. The molecule has 0 aliphatic heterocycles. The van der Waals surface area contributed by atoms with Gasteiger partial charge in [0, 0.05) is 12.8 Å². The second-order valence-electron chi connectivity index (χ2n) is 16.8. The highest BCUT2D eigenvalue weighted by molar-refractivity contribution is 7.47. The van der Waals surface area contributed by atoms with Gasteiger partial charge in [-0.1, -0.05) is 174 Å². The van der Waals surface area contributed by atoms with Crippen LogP contribution in [0.1, 0.15) is 213 Å². The van der Waals surface area contributed by atoms with Gasteiger partial charge < -0.3 is 18.9 Å². The van der Waals surface area contributed by atoms with E-state index in [4.69, 9.17) is 18.5 Å². The molecule has 0 aromatic rings. The largest absolute Gasteiger partial charge is 0.472 e. The van der Waals surface area contributed by atoms with Gasteiger partial charge in [0.05, 0.1) is 27.7 Å². The van der Waals surface area contributed by atoms with Gasteiger partial charge in [0.1, 0.15) is 19.8 Å². The zero-order chi connectivity index (χ0) is 40.7. The van der Waals surface area contributed by atoms with Crippen LogP contribution in [0.5, 0.6) is 0 Å². The van der Waals surface area contributed by atoms with E-state index in [0.717, 1.165) is 38.5 Å². The molecule has 0 saturated carbocycles. The number of rotatable bonds is 42. The first-order valence-corrected chi connectivity index (χ1v) is 24.4. The van der Waals surface area contributed by atoms with Crippen molar-refractivity contribution in [2.75, 3.05) is 47.5 Å². The molecule has 0 aromatic carbocycles. The number of hydrogen-bond donors (Lipinski definition) is 1. The van der Waals surface area contributed by atoms with Crippen molar-refractivity contribution in [2.24, 2.45) is 0 Å². The first-order chi connectivity index (χ1) is 26.5. The summed E-state index contributed by atoms with van der Waals surface area (Å²) >= 11 is 0. The van der Waals surface area contributed by atoms with Gasteiger partial charge in [0.15, 0.2) is 6.10 Å². The van der Waals surface area contributed by atoms with Crippen LogP contribution in [0, 0.1) is 0 Å². The van der Waals surface area contributed by atoms with Crippen LogP contribution in [0.15, 0.2) is 12.2 Å². The van der Waals surface area contributed by atoms with Crippen LogP contribution < -0.4 is 0 Å². The third kappa shape index (κ3) is 42.2. The molecule has 1 N–H and O–H groups in total. The van der Waals surface area contributed by atoms with E-state index in [0.29, 0.717) is 23.9 Å². The zero-order valence-corrected chi connectivity index (χ0v) is 37.6. The molecule has 0 fully saturated rings. The molecule has 0 heterocycles. The SMILES string of the molecule is CCCCCCCCCCC/C=C/CCCCC(=O)O[C@H](COC(=O)CCCCCCCCCCCCCCCCCC)COP(=O)(O)OCC[N+](C)(C)C. The lowest BCUT2D eigenvalue weighted by Gasteiger charge is -2.24. The van der Waals surface area contributed by atoms with Crippen molar-refractivity contribution in [3.8, 4) is 0 Å². The van der Waals surface area contributed by atoms with Crippen molar-refractivity contribution in [1.29, 1.82) is 0 Å². The predicted molar refractivity (Wildman–Crippen MR) is 229 cm³/mol. The Labute approximate surface area is 339 Å². The van der Waals surface area contributed by atoms with Crippen molar-refractivity contribution in [2.45, 2.75) is 219 Å². The van der Waals surface area contributed by atoms with E-state index in [9.17, 15) is 19.0 Å². The highest BCUT2D eigenvalue weighted by Gasteiger charge is 2.27. The van der Waals surface area contributed by atoms with Gasteiger partial charge in [-0.25, -0.2) is 4.57 Å². The van der Waals surface area contributed by atoms with Gasteiger partial charge in [-0.05, 0) is 38.5 Å². The van der Waals surface area contributed by atoms with Crippen molar-refractivity contribution >= 4 is 19.8 Å². The molecule has 0 amide bonds. The summed E-state index contributed by atoms with van der Waals surface area (Å²) < 4.78 is 34.3. The number of phosphoric ester groups is 1. The number of unbranched alkanes of at least 4 members (excludes halogenated alkanes) is 26. The second-order valence-corrected chi connectivity index (χ2v) is 18.2. The molecule has 10 heteroatoms. The molecule has 0 bridgehead atoms. The fourth-order valence-electron chi connectivity index (χ4n) is 6.42. The number of allylic oxidation sites excluding steroid dienone is 2. The number of nitrogens with zero attached hydrogens (tertiary/aromatic N) is 1. The molecule has 55 heavy (non-hydrogen) atoms. The second kappa shape index (κ2) is 38.3. The number of quaternary nitrogens is 1. The molecular formula is C45H89NO8P+. The highest BCUT2D eigenvalue weighted by Crippen LogP contribution is 2.43. The molecule has 326 valence electrons. The molecule has 0 spiro atoms. The maximum absolute atomic E-state index is 12.7. The number of carbonyl (C=O) groups is 2. The lowest BCUT2D eigenvalue weighted by Crippen LogP contribution is -2.37. The monoisotopic (exact) mass is 803 g/mol. The number of carbonyl (C=O) groups excluding carboxylic acids is 2. The van der Waals surface area contributed by atoms with Crippen LogP contribution in [0.3, 0.4) is 0 Å². The summed E-state index contributed by atoms with van der Waals surface area (Å²) in [4.78, 5) is 35.4. The van der Waals surface area contributed by atoms with Gasteiger partial charge in [0.25, 0.3) is 0 Å². The molecule has 0 aromatic heterocycles. The number of hydrogen-bond acceptors (Lipinski definition) is 7. The Balaban J connectivity index is 4.33. The van der Waals surface area contributed by atoms with Crippen LogP contribution in [0.25, 0.3) is 0 Å². The van der Waals surface area contributed by atoms with E-state index in [1.54, 1.807) is 0 Å². The van der Waals surface area contributed by atoms with Crippen LogP contribution >= 0.6 is 7.82 Å². The average Bonchev–Trinajstić information content (AvgIpc) is 3.13. The van der Waals surface area contributed by atoms with E-state index in [1.807, 2.05) is 21.1 Å². The molecular weight excluding hydrogens is 713 g/mol. The fourth-order valence-corrected chi connectivity index (χ4v) is 7.16. The standard InChI is InChI=1S/C45H88NO8P/c1-6-8-10-12-14-16-18-20-22-24-25-27-29-31-33-35-37-44(47)51-41-43(42-53-55(49,50)52-40-39-46(3,4)5)54-45(48)38-36-34-32-30-28-26-23-21-19-17-15-13-11-9-7-2/h28,30,43H,6-27,29,31-42H2,1-5H3/p+1/b30-28+/t43-/m1/s1. The highest BCUT2D eigenvalue weighted by atomic mass is 31.2. The molecule has 0 saturated heterocycles. The quantitative estimate of drug-likeness (QED) is 0.0214. The Morgan fingerprint density at radius 1 is 0.545 bits per heavy atom. The van der Waals surface area contributed by atoms with E-state index >= 15 is 0 Å². The maximum atomic E-state index is 12.7. The lowest BCUT2D eigenvalue weighted by atomic mass is 10.0. The summed E-state index contributed by atoms with van der Waals surface area (Å²) in [5.74, 6) is -0.813. The summed E-state index contributed by atoms with van der Waals surface area (Å²) in [5.41, 5.74) is 0. The summed E-state index contributed by atoms with van der Waals surface area (Å²) in [6.07, 6.45) is 39.7. The van der Waals surface area contributed by atoms with Gasteiger partial charge in [-0.2, -0.15) is 0 Å². The Morgan fingerprint density at radius 2 is 0.927 bits per heavy atom. The van der Waals surface area contributed by atoms with E-state index in [2.05, 4.69) is 26.0 Å².